The minimum Gasteiger partial charge on any atom is -0.358 e. The van der Waals surface area contributed by atoms with Gasteiger partial charge < -0.3 is 5.32 Å². The van der Waals surface area contributed by atoms with Gasteiger partial charge >= 0.3 is 0 Å². The largest absolute Gasteiger partial charge is 0.358 e. The summed E-state index contributed by atoms with van der Waals surface area (Å²) in [6, 6.07) is 25.3. The van der Waals surface area contributed by atoms with Crippen molar-refractivity contribution in [2.75, 3.05) is 0 Å². The van der Waals surface area contributed by atoms with Crippen LogP contribution in [0.4, 0.5) is 0 Å². The first kappa shape index (κ1) is 18.3. The Bertz CT molecular complexity index is 1090. The highest BCUT2D eigenvalue weighted by Crippen LogP contribution is 2.29. The van der Waals surface area contributed by atoms with Gasteiger partial charge in [0.2, 0.25) is 0 Å². The molecule has 0 atom stereocenters. The molecule has 0 saturated heterocycles. The molecule has 0 aliphatic heterocycles. The Morgan fingerprint density at radius 1 is 0.929 bits per heavy atom. The zero-order valence-corrected chi connectivity index (χ0v) is 16.5. The van der Waals surface area contributed by atoms with Gasteiger partial charge in [-0.3, -0.25) is 10.1 Å². The molecule has 2 N–H and O–H groups in total. The molecule has 4 rings (SSSR count). The van der Waals surface area contributed by atoms with Gasteiger partial charge in [0.25, 0.3) is 5.91 Å². The maximum Gasteiger partial charge on any atom is 0.257 e. The monoisotopic (exact) mass is 403 g/mol. The number of fused-ring (bicyclic) bond motifs is 1. The van der Waals surface area contributed by atoms with Gasteiger partial charge in [0, 0.05) is 17.7 Å². The Hall–Kier alpha value is -3.09. The van der Waals surface area contributed by atoms with Crippen LogP contribution in [0.25, 0.3) is 20.8 Å². The summed E-state index contributed by atoms with van der Waals surface area (Å²) in [6.07, 6.45) is 0. The van der Waals surface area contributed by atoms with E-state index in [0.29, 0.717) is 17.2 Å². The number of para-hydroxylation sites is 1. The van der Waals surface area contributed by atoms with Crippen LogP contribution < -0.4 is 10.6 Å². The van der Waals surface area contributed by atoms with Crippen molar-refractivity contribution in [1.29, 1.82) is 0 Å². The van der Waals surface area contributed by atoms with Gasteiger partial charge in [-0.25, -0.2) is 4.98 Å². The summed E-state index contributed by atoms with van der Waals surface area (Å²) in [5, 5.41) is 7.07. The van der Waals surface area contributed by atoms with E-state index >= 15 is 0 Å². The SMILES string of the molecule is O=C(NC(=S)NCc1ccc(-c2nc3ccccc3s2)cc1)c1ccccc1. The number of aromatic nitrogens is 1. The van der Waals surface area contributed by atoms with E-state index in [-0.39, 0.29) is 5.91 Å². The van der Waals surface area contributed by atoms with Gasteiger partial charge in [0.05, 0.1) is 10.2 Å². The van der Waals surface area contributed by atoms with Gasteiger partial charge in [-0.1, -0.05) is 54.6 Å². The van der Waals surface area contributed by atoms with E-state index in [1.54, 1.807) is 23.5 Å². The van der Waals surface area contributed by atoms with Crippen molar-refractivity contribution >= 4 is 44.8 Å². The minimum atomic E-state index is -0.218. The van der Waals surface area contributed by atoms with Crippen molar-refractivity contribution in [3.05, 3.63) is 90.0 Å². The lowest BCUT2D eigenvalue weighted by Gasteiger charge is -2.10. The maximum absolute atomic E-state index is 12.1. The summed E-state index contributed by atoms with van der Waals surface area (Å²) in [6.45, 7) is 0.536. The average Bonchev–Trinajstić information content (AvgIpc) is 3.17. The van der Waals surface area contributed by atoms with Gasteiger partial charge in [-0.2, -0.15) is 0 Å². The second-order valence-electron chi connectivity index (χ2n) is 6.19. The molecule has 0 radical (unpaired) electrons. The van der Waals surface area contributed by atoms with Crippen molar-refractivity contribution in [3.8, 4) is 10.6 Å². The molecule has 0 unspecified atom stereocenters. The molecule has 0 aliphatic carbocycles. The number of amides is 1. The number of carbonyl (C=O) groups is 1. The van der Waals surface area contributed by atoms with E-state index in [0.717, 1.165) is 21.7 Å². The summed E-state index contributed by atoms with van der Waals surface area (Å²) in [7, 11) is 0. The predicted octanol–water partition coefficient (Wildman–Crippen LogP) is 4.77. The molecule has 1 heterocycles. The molecule has 28 heavy (non-hydrogen) atoms. The van der Waals surface area contributed by atoms with E-state index < -0.39 is 0 Å². The van der Waals surface area contributed by atoms with Crippen LogP contribution in [0.1, 0.15) is 15.9 Å². The summed E-state index contributed by atoms with van der Waals surface area (Å²) in [5.74, 6) is -0.218. The zero-order valence-electron chi connectivity index (χ0n) is 14.9. The minimum absolute atomic E-state index is 0.218. The molecule has 4 aromatic rings. The molecular weight excluding hydrogens is 386 g/mol. The summed E-state index contributed by atoms with van der Waals surface area (Å²) < 4.78 is 1.18. The highest BCUT2D eigenvalue weighted by Gasteiger charge is 2.08. The number of thiocarbonyl (C=S) groups is 1. The van der Waals surface area contributed by atoms with E-state index in [1.807, 2.05) is 48.5 Å². The zero-order chi connectivity index (χ0) is 19.3. The normalized spacial score (nSPS) is 10.6. The second-order valence-corrected chi connectivity index (χ2v) is 7.63. The van der Waals surface area contributed by atoms with Gasteiger partial charge in [0.15, 0.2) is 5.11 Å². The average molecular weight is 404 g/mol. The molecule has 0 spiro atoms. The van der Waals surface area contributed by atoms with E-state index in [2.05, 4.69) is 33.8 Å². The fourth-order valence-corrected chi connectivity index (χ4v) is 3.89. The first-order chi connectivity index (χ1) is 13.7. The lowest BCUT2D eigenvalue weighted by molar-refractivity contribution is 0.0976. The molecule has 1 aromatic heterocycles. The first-order valence-corrected chi connectivity index (χ1v) is 10.0. The molecule has 0 fully saturated rings. The quantitative estimate of drug-likeness (QED) is 0.482. The highest BCUT2D eigenvalue weighted by atomic mass is 32.1. The van der Waals surface area contributed by atoms with Crippen molar-refractivity contribution in [3.63, 3.8) is 0 Å². The van der Waals surface area contributed by atoms with Crippen molar-refractivity contribution < 1.29 is 4.79 Å². The smallest absolute Gasteiger partial charge is 0.257 e. The van der Waals surface area contributed by atoms with Gasteiger partial charge in [0.1, 0.15) is 5.01 Å². The Balaban J connectivity index is 1.35. The molecule has 3 aromatic carbocycles. The maximum atomic E-state index is 12.1. The lowest BCUT2D eigenvalue weighted by atomic mass is 10.1. The number of rotatable bonds is 4. The summed E-state index contributed by atoms with van der Waals surface area (Å²) in [5.41, 5.74) is 3.76. The summed E-state index contributed by atoms with van der Waals surface area (Å²) >= 11 is 6.90. The van der Waals surface area contributed by atoms with Crippen LogP contribution in [-0.2, 0) is 6.54 Å². The van der Waals surface area contributed by atoms with Crippen LogP contribution in [0.3, 0.4) is 0 Å². The molecule has 1 amide bonds. The fourth-order valence-electron chi connectivity index (χ4n) is 2.75. The molecular formula is C22H17N3OS2. The molecule has 138 valence electrons. The standard InChI is InChI=1S/C22H17N3OS2/c26-20(16-6-2-1-3-7-16)25-22(27)23-14-15-10-12-17(13-11-15)21-24-18-8-4-5-9-19(18)28-21/h1-13H,14H2,(H2,23,25,26,27). The topological polar surface area (TPSA) is 54.0 Å². The summed E-state index contributed by atoms with van der Waals surface area (Å²) in [4.78, 5) is 16.8. The number of thiazole rings is 1. The Labute approximate surface area is 172 Å². The fraction of sp³-hybridized carbons (Fsp3) is 0.0455. The number of nitrogens with one attached hydrogen (secondary N) is 2. The van der Waals surface area contributed by atoms with E-state index in [4.69, 9.17) is 12.2 Å². The van der Waals surface area contributed by atoms with Crippen LogP contribution in [0, 0.1) is 0 Å². The third-order valence-corrected chi connectivity index (χ3v) is 5.54. The van der Waals surface area contributed by atoms with Crippen molar-refractivity contribution in [2.24, 2.45) is 0 Å². The molecule has 4 nitrogen and oxygen atoms in total. The molecule has 0 bridgehead atoms. The lowest BCUT2D eigenvalue weighted by Crippen LogP contribution is -2.38. The van der Waals surface area contributed by atoms with E-state index in [1.165, 1.54) is 4.70 Å². The second kappa shape index (κ2) is 8.29. The first-order valence-electron chi connectivity index (χ1n) is 8.78. The third kappa shape index (κ3) is 4.24. The highest BCUT2D eigenvalue weighted by molar-refractivity contribution is 7.80. The van der Waals surface area contributed by atoms with Crippen LogP contribution in [-0.4, -0.2) is 16.0 Å². The van der Waals surface area contributed by atoms with Crippen LogP contribution >= 0.6 is 23.6 Å². The number of hydrogen-bond acceptors (Lipinski definition) is 4. The Morgan fingerprint density at radius 3 is 2.39 bits per heavy atom. The van der Waals surface area contributed by atoms with Crippen LogP contribution in [0.5, 0.6) is 0 Å². The van der Waals surface area contributed by atoms with Gasteiger partial charge in [-0.05, 0) is 42.0 Å². The molecule has 6 heteroatoms. The van der Waals surface area contributed by atoms with E-state index in [9.17, 15) is 4.79 Å². The Kier molecular flexibility index (Phi) is 5.41. The Morgan fingerprint density at radius 2 is 1.64 bits per heavy atom. The number of carbonyl (C=O) groups excluding carboxylic acids is 1. The number of hydrogen-bond donors (Lipinski definition) is 2. The van der Waals surface area contributed by atoms with Crippen molar-refractivity contribution in [1.82, 2.24) is 15.6 Å². The number of nitrogens with zero attached hydrogens (tertiary/aromatic N) is 1. The predicted molar refractivity (Wildman–Crippen MR) is 118 cm³/mol. The van der Waals surface area contributed by atoms with Crippen molar-refractivity contribution in [2.45, 2.75) is 6.54 Å². The van der Waals surface area contributed by atoms with Crippen LogP contribution in [0.15, 0.2) is 78.9 Å². The molecule has 0 saturated carbocycles. The van der Waals surface area contributed by atoms with Gasteiger partial charge in [-0.15, -0.1) is 11.3 Å². The van der Waals surface area contributed by atoms with Crippen LogP contribution in [0.2, 0.25) is 0 Å². The third-order valence-electron chi connectivity index (χ3n) is 4.21. The molecule has 0 aliphatic rings. The number of benzene rings is 3.